The van der Waals surface area contributed by atoms with Crippen LogP contribution in [0.4, 0.5) is 19.0 Å². The number of hydrogen-bond donors (Lipinski definition) is 1. The summed E-state index contributed by atoms with van der Waals surface area (Å²) in [7, 11) is 1.77. The molecule has 0 aliphatic rings. The molecule has 0 aliphatic carbocycles. The summed E-state index contributed by atoms with van der Waals surface area (Å²) in [4.78, 5) is 19.0. The minimum atomic E-state index is -5.07. The van der Waals surface area contributed by atoms with Crippen molar-refractivity contribution in [1.82, 2.24) is 14.5 Å². The molecule has 0 fully saturated rings. The zero-order chi connectivity index (χ0) is 18.9. The molecule has 1 aromatic carbocycles. The van der Waals surface area contributed by atoms with Crippen LogP contribution in [0.1, 0.15) is 11.1 Å². The Hall–Kier alpha value is -3.54. The van der Waals surface area contributed by atoms with Crippen molar-refractivity contribution in [2.45, 2.75) is 6.18 Å². The zero-order valence-corrected chi connectivity index (χ0v) is 13.3. The number of rotatable bonds is 1. The van der Waals surface area contributed by atoms with Gasteiger partial charge in [0.2, 0.25) is 0 Å². The number of ether oxygens (including phenoxy) is 1. The summed E-state index contributed by atoms with van der Waals surface area (Å²) in [6.45, 7) is 0. The van der Waals surface area contributed by atoms with E-state index >= 15 is 0 Å². The molecule has 3 aromatic rings. The van der Waals surface area contributed by atoms with Gasteiger partial charge in [-0.25, -0.2) is 14.8 Å². The quantitative estimate of drug-likeness (QED) is 0.409. The third-order valence-electron chi connectivity index (χ3n) is 3.40. The smallest absolute Gasteiger partial charge is 0.420 e. The monoisotopic (exact) mass is 360 g/mol. The summed E-state index contributed by atoms with van der Waals surface area (Å²) >= 11 is 0. The Morgan fingerprint density at radius 3 is 2.77 bits per heavy atom. The second-order valence-corrected chi connectivity index (χ2v) is 5.28. The molecule has 132 valence electrons. The van der Waals surface area contributed by atoms with Crippen LogP contribution in [0, 0.1) is 11.8 Å². The summed E-state index contributed by atoms with van der Waals surface area (Å²) in [5, 5.41) is 0.585. The molecule has 0 radical (unpaired) electrons. The van der Waals surface area contributed by atoms with Crippen molar-refractivity contribution in [3.8, 4) is 17.6 Å². The van der Waals surface area contributed by atoms with Crippen molar-refractivity contribution >= 4 is 22.8 Å². The van der Waals surface area contributed by atoms with Crippen molar-refractivity contribution in [2.24, 2.45) is 7.05 Å². The van der Waals surface area contributed by atoms with Crippen molar-refractivity contribution in [1.29, 1.82) is 0 Å². The molecular weight excluding hydrogens is 349 g/mol. The fourth-order valence-electron chi connectivity index (χ4n) is 2.27. The third kappa shape index (κ3) is 3.44. The normalized spacial score (nSPS) is 11.1. The fourth-order valence-corrected chi connectivity index (χ4v) is 2.27. The molecule has 0 atom stereocenters. The molecule has 6 nitrogen and oxygen atoms in total. The van der Waals surface area contributed by atoms with E-state index < -0.39 is 12.1 Å². The van der Waals surface area contributed by atoms with Crippen LogP contribution in [-0.4, -0.2) is 26.7 Å². The van der Waals surface area contributed by atoms with E-state index in [0.29, 0.717) is 22.2 Å². The minimum absolute atomic E-state index is 0.250. The van der Waals surface area contributed by atoms with E-state index in [4.69, 9.17) is 5.73 Å². The summed E-state index contributed by atoms with van der Waals surface area (Å²) in [6.07, 6.45) is -2.01. The molecule has 3 rings (SSSR count). The molecule has 0 saturated carbocycles. The van der Waals surface area contributed by atoms with E-state index in [1.807, 2.05) is 0 Å². The van der Waals surface area contributed by atoms with Gasteiger partial charge in [-0.3, -0.25) is 0 Å². The number of nitrogen functional groups attached to an aromatic ring is 1. The lowest BCUT2D eigenvalue weighted by Crippen LogP contribution is -2.27. The summed E-state index contributed by atoms with van der Waals surface area (Å²) in [6, 6.07) is 5.48. The Balaban J connectivity index is 1.92. The lowest BCUT2D eigenvalue weighted by Gasteiger charge is -2.06. The minimum Gasteiger partial charge on any atom is -0.420 e. The summed E-state index contributed by atoms with van der Waals surface area (Å²) in [5.41, 5.74) is 7.40. The van der Waals surface area contributed by atoms with Crippen LogP contribution in [0.3, 0.4) is 0 Å². The summed E-state index contributed by atoms with van der Waals surface area (Å²) < 4.78 is 42.8. The number of aromatic nitrogens is 3. The average Bonchev–Trinajstić information content (AvgIpc) is 2.90. The summed E-state index contributed by atoms with van der Waals surface area (Å²) in [5.74, 6) is 3.41. The number of esters is 1. The van der Waals surface area contributed by atoms with E-state index in [0.717, 1.165) is 0 Å². The van der Waals surface area contributed by atoms with Crippen LogP contribution >= 0.6 is 0 Å². The van der Waals surface area contributed by atoms with Crippen LogP contribution in [0.2, 0.25) is 0 Å². The van der Waals surface area contributed by atoms with Gasteiger partial charge in [0.05, 0.1) is 10.9 Å². The molecule has 2 aromatic heterocycles. The highest BCUT2D eigenvalue weighted by Crippen LogP contribution is 2.23. The molecule has 0 amide bonds. The number of carbonyl (C=O) groups is 1. The highest BCUT2D eigenvalue weighted by atomic mass is 19.4. The third-order valence-corrected chi connectivity index (χ3v) is 3.40. The molecule has 0 bridgehead atoms. The van der Waals surface area contributed by atoms with Crippen LogP contribution in [0.5, 0.6) is 5.75 Å². The first-order chi connectivity index (χ1) is 12.3. The van der Waals surface area contributed by atoms with E-state index in [-0.39, 0.29) is 11.6 Å². The number of halogens is 3. The number of alkyl halides is 3. The molecule has 0 unspecified atom stereocenters. The maximum atomic E-state index is 12.3. The van der Waals surface area contributed by atoms with Gasteiger partial charge in [0.25, 0.3) is 0 Å². The number of nitrogens with zero attached hydrogens (tertiary/aromatic N) is 3. The number of benzene rings is 1. The van der Waals surface area contributed by atoms with Gasteiger partial charge >= 0.3 is 12.1 Å². The van der Waals surface area contributed by atoms with E-state index in [1.54, 1.807) is 23.9 Å². The van der Waals surface area contributed by atoms with Gasteiger partial charge in [0, 0.05) is 18.8 Å². The number of anilines is 1. The van der Waals surface area contributed by atoms with Gasteiger partial charge in [-0.05, 0) is 18.2 Å². The molecule has 9 heteroatoms. The van der Waals surface area contributed by atoms with Crippen molar-refractivity contribution in [2.75, 3.05) is 5.73 Å². The molecule has 0 saturated heterocycles. The molecule has 0 aliphatic heterocycles. The first-order valence-electron chi connectivity index (χ1n) is 7.22. The van der Waals surface area contributed by atoms with Crippen LogP contribution in [-0.2, 0) is 11.8 Å². The SMILES string of the molecule is Cn1cc(C#Cc2cccc(OC(=O)C(F)(F)F)c2)c2c(N)ncnc21. The van der Waals surface area contributed by atoms with Gasteiger partial charge in [-0.15, -0.1) is 0 Å². The Bertz CT molecular complexity index is 1060. The highest BCUT2D eigenvalue weighted by molar-refractivity contribution is 5.92. The zero-order valence-electron chi connectivity index (χ0n) is 13.3. The first-order valence-corrected chi connectivity index (χ1v) is 7.22. The molecule has 2 N–H and O–H groups in total. The van der Waals surface area contributed by atoms with E-state index in [2.05, 4.69) is 26.5 Å². The lowest BCUT2D eigenvalue weighted by molar-refractivity contribution is -0.189. The van der Waals surface area contributed by atoms with Crippen molar-refractivity contribution < 1.29 is 22.7 Å². The first kappa shape index (κ1) is 17.3. The Labute approximate surface area is 145 Å². The number of aryl methyl sites for hydroxylation is 1. The Kier molecular flexibility index (Phi) is 4.26. The predicted molar refractivity (Wildman–Crippen MR) is 87.0 cm³/mol. The molecule has 26 heavy (non-hydrogen) atoms. The maximum absolute atomic E-state index is 12.3. The lowest BCUT2D eigenvalue weighted by atomic mass is 10.2. The van der Waals surface area contributed by atoms with Crippen molar-refractivity contribution in [3.63, 3.8) is 0 Å². The van der Waals surface area contributed by atoms with Gasteiger partial charge in [0.15, 0.2) is 0 Å². The highest BCUT2D eigenvalue weighted by Gasteiger charge is 2.41. The number of hydrogen-bond acceptors (Lipinski definition) is 5. The maximum Gasteiger partial charge on any atom is 0.491 e. The Morgan fingerprint density at radius 1 is 1.27 bits per heavy atom. The van der Waals surface area contributed by atoms with E-state index in [1.165, 1.54) is 24.5 Å². The fraction of sp³-hybridized carbons (Fsp3) is 0.118. The van der Waals surface area contributed by atoms with Gasteiger partial charge < -0.3 is 15.0 Å². The molecular formula is C17H11F3N4O2. The number of carbonyl (C=O) groups excluding carboxylic acids is 1. The molecule has 0 spiro atoms. The predicted octanol–water partition coefficient (Wildman–Crippen LogP) is 2.42. The van der Waals surface area contributed by atoms with Gasteiger partial charge in [-0.2, -0.15) is 13.2 Å². The van der Waals surface area contributed by atoms with Gasteiger partial charge in [-0.1, -0.05) is 17.9 Å². The van der Waals surface area contributed by atoms with Crippen molar-refractivity contribution in [3.05, 3.63) is 47.9 Å². The standard InChI is InChI=1S/C17H11F3N4O2/c1-24-8-11(13-14(21)22-9-23-15(13)24)6-5-10-3-2-4-12(7-10)26-16(25)17(18,19)20/h2-4,7-9H,1H3,(H2,21,22,23). The van der Waals surface area contributed by atoms with Crippen LogP contribution < -0.4 is 10.5 Å². The van der Waals surface area contributed by atoms with Crippen LogP contribution in [0.25, 0.3) is 11.0 Å². The second-order valence-electron chi connectivity index (χ2n) is 5.28. The van der Waals surface area contributed by atoms with Crippen LogP contribution in [0.15, 0.2) is 36.8 Å². The Morgan fingerprint density at radius 2 is 2.04 bits per heavy atom. The second kappa shape index (κ2) is 6.40. The average molecular weight is 360 g/mol. The largest absolute Gasteiger partial charge is 0.491 e. The topological polar surface area (TPSA) is 83.0 Å². The molecule has 2 heterocycles. The number of nitrogens with two attached hydrogens (primary N) is 1. The van der Waals surface area contributed by atoms with E-state index in [9.17, 15) is 18.0 Å². The van der Waals surface area contributed by atoms with Gasteiger partial charge in [0.1, 0.15) is 23.5 Å². The number of fused-ring (bicyclic) bond motifs is 1.